The number of hydrogen-bond donors (Lipinski definition) is 3. The van der Waals surface area contributed by atoms with E-state index < -0.39 is 0 Å². The fourth-order valence-corrected chi connectivity index (χ4v) is 3.48. The highest BCUT2D eigenvalue weighted by atomic mass is 16.2. The fraction of sp³-hybridized carbons (Fsp3) is 0.333. The van der Waals surface area contributed by atoms with Gasteiger partial charge >= 0.3 is 0 Å². The number of H-pyrrole nitrogens is 1. The summed E-state index contributed by atoms with van der Waals surface area (Å²) in [4.78, 5) is 47.0. The van der Waals surface area contributed by atoms with E-state index in [9.17, 15) is 14.4 Å². The minimum atomic E-state index is -0.242. The molecule has 32 heavy (non-hydrogen) atoms. The number of aromatic nitrogens is 2. The maximum Gasteiger partial charge on any atom is 0.258 e. The molecule has 0 atom stereocenters. The number of fused-ring (bicyclic) bond motifs is 1. The van der Waals surface area contributed by atoms with Gasteiger partial charge in [0.25, 0.3) is 11.5 Å². The van der Waals surface area contributed by atoms with Crippen LogP contribution in [0.2, 0.25) is 0 Å². The van der Waals surface area contributed by atoms with Gasteiger partial charge in [-0.15, -0.1) is 0 Å². The van der Waals surface area contributed by atoms with Crippen LogP contribution in [0.4, 0.5) is 5.69 Å². The SMILES string of the molecule is CC(C)N(CC(=O)Nc1ccccc1C(=O)NC1CC1)Cc1nc2ccccc2c(=O)[nH]1. The van der Waals surface area contributed by atoms with Crippen molar-refractivity contribution in [3.63, 3.8) is 0 Å². The Kier molecular flexibility index (Phi) is 6.32. The first-order chi connectivity index (χ1) is 15.4. The van der Waals surface area contributed by atoms with Gasteiger partial charge in [-0.25, -0.2) is 4.98 Å². The minimum absolute atomic E-state index is 0.0333. The van der Waals surface area contributed by atoms with Crippen LogP contribution in [0.1, 0.15) is 42.9 Å². The van der Waals surface area contributed by atoms with Crippen LogP contribution in [0.5, 0.6) is 0 Å². The molecule has 0 bridgehead atoms. The van der Waals surface area contributed by atoms with Crippen molar-refractivity contribution in [2.45, 2.75) is 45.3 Å². The lowest BCUT2D eigenvalue weighted by Gasteiger charge is -2.25. The zero-order chi connectivity index (χ0) is 22.7. The molecule has 8 heteroatoms. The van der Waals surface area contributed by atoms with Gasteiger partial charge in [0.15, 0.2) is 0 Å². The highest BCUT2D eigenvalue weighted by Crippen LogP contribution is 2.21. The first-order valence-electron chi connectivity index (χ1n) is 10.8. The molecule has 0 spiro atoms. The maximum absolute atomic E-state index is 12.8. The van der Waals surface area contributed by atoms with Crippen molar-refractivity contribution < 1.29 is 9.59 Å². The molecule has 0 saturated heterocycles. The van der Waals surface area contributed by atoms with E-state index in [1.165, 1.54) is 0 Å². The number of anilines is 1. The van der Waals surface area contributed by atoms with E-state index in [1.807, 2.05) is 24.8 Å². The third-order valence-corrected chi connectivity index (χ3v) is 5.45. The Balaban J connectivity index is 1.46. The second kappa shape index (κ2) is 9.32. The smallest absolute Gasteiger partial charge is 0.258 e. The van der Waals surface area contributed by atoms with Crippen LogP contribution in [-0.2, 0) is 11.3 Å². The molecule has 8 nitrogen and oxygen atoms in total. The Morgan fingerprint density at radius 3 is 2.59 bits per heavy atom. The van der Waals surface area contributed by atoms with Crippen LogP contribution < -0.4 is 16.2 Å². The largest absolute Gasteiger partial charge is 0.349 e. The Labute approximate surface area is 186 Å². The molecule has 4 rings (SSSR count). The maximum atomic E-state index is 12.8. The summed E-state index contributed by atoms with van der Waals surface area (Å²) < 4.78 is 0. The van der Waals surface area contributed by atoms with Crippen LogP contribution >= 0.6 is 0 Å². The molecule has 0 unspecified atom stereocenters. The van der Waals surface area contributed by atoms with Crippen LogP contribution in [-0.4, -0.2) is 45.3 Å². The van der Waals surface area contributed by atoms with Gasteiger partial charge in [-0.3, -0.25) is 19.3 Å². The van der Waals surface area contributed by atoms with Gasteiger partial charge < -0.3 is 15.6 Å². The van der Waals surface area contributed by atoms with Crippen molar-refractivity contribution in [1.29, 1.82) is 0 Å². The summed E-state index contributed by atoms with van der Waals surface area (Å²) in [7, 11) is 0. The lowest BCUT2D eigenvalue weighted by atomic mass is 10.1. The number of amides is 2. The lowest BCUT2D eigenvalue weighted by Crippen LogP contribution is -2.38. The van der Waals surface area contributed by atoms with Crippen molar-refractivity contribution in [1.82, 2.24) is 20.2 Å². The number of rotatable bonds is 8. The Bertz CT molecular complexity index is 1200. The average molecular weight is 434 g/mol. The molecule has 1 fully saturated rings. The fourth-order valence-electron chi connectivity index (χ4n) is 3.48. The van der Waals surface area contributed by atoms with Gasteiger partial charge in [0, 0.05) is 12.1 Å². The summed E-state index contributed by atoms with van der Waals surface area (Å²) in [6.07, 6.45) is 1.99. The summed E-state index contributed by atoms with van der Waals surface area (Å²) in [6.45, 7) is 4.36. The molecular formula is C24H27N5O3. The number of nitrogens with one attached hydrogen (secondary N) is 3. The predicted molar refractivity (Wildman–Crippen MR) is 123 cm³/mol. The molecule has 1 heterocycles. The van der Waals surface area contributed by atoms with E-state index in [0.29, 0.717) is 34.5 Å². The van der Waals surface area contributed by atoms with E-state index in [4.69, 9.17) is 0 Å². The molecule has 0 radical (unpaired) electrons. The van der Waals surface area contributed by atoms with Crippen molar-refractivity contribution >= 4 is 28.4 Å². The lowest BCUT2D eigenvalue weighted by molar-refractivity contribution is -0.117. The zero-order valence-electron chi connectivity index (χ0n) is 18.2. The molecule has 2 amide bonds. The standard InChI is InChI=1S/C24H27N5O3/c1-15(2)29(13-21-26-19-9-5-3-7-17(19)24(32)28-21)14-22(30)27-20-10-6-4-8-18(20)23(31)25-16-11-12-16/h3-10,15-16H,11-14H2,1-2H3,(H,25,31)(H,27,30)(H,26,28,32). The van der Waals surface area contributed by atoms with E-state index in [-0.39, 0.29) is 36.0 Å². The molecule has 166 valence electrons. The Morgan fingerprint density at radius 1 is 1.12 bits per heavy atom. The number of benzene rings is 2. The minimum Gasteiger partial charge on any atom is -0.349 e. The highest BCUT2D eigenvalue weighted by Gasteiger charge is 2.25. The van der Waals surface area contributed by atoms with Gasteiger partial charge in [-0.1, -0.05) is 24.3 Å². The van der Waals surface area contributed by atoms with Crippen LogP contribution in [0.25, 0.3) is 10.9 Å². The van der Waals surface area contributed by atoms with Crippen LogP contribution in [0.15, 0.2) is 53.3 Å². The number of carbonyl (C=O) groups excluding carboxylic acids is 2. The van der Waals surface area contributed by atoms with E-state index in [0.717, 1.165) is 12.8 Å². The molecule has 3 aromatic rings. The van der Waals surface area contributed by atoms with E-state index in [2.05, 4.69) is 20.6 Å². The van der Waals surface area contributed by atoms with Gasteiger partial charge in [0.2, 0.25) is 5.91 Å². The molecule has 1 saturated carbocycles. The second-order valence-electron chi connectivity index (χ2n) is 8.37. The summed E-state index contributed by atoms with van der Waals surface area (Å²) in [6, 6.07) is 14.4. The summed E-state index contributed by atoms with van der Waals surface area (Å²) >= 11 is 0. The second-order valence-corrected chi connectivity index (χ2v) is 8.37. The number of nitrogens with zero attached hydrogens (tertiary/aromatic N) is 2. The monoisotopic (exact) mass is 433 g/mol. The first-order valence-corrected chi connectivity index (χ1v) is 10.8. The molecule has 1 aliphatic carbocycles. The topological polar surface area (TPSA) is 107 Å². The van der Waals surface area contributed by atoms with E-state index in [1.54, 1.807) is 42.5 Å². The highest BCUT2D eigenvalue weighted by molar-refractivity contribution is 6.04. The molecule has 0 aliphatic heterocycles. The Hall–Kier alpha value is -3.52. The van der Waals surface area contributed by atoms with Gasteiger partial charge in [-0.2, -0.15) is 0 Å². The molecule has 3 N–H and O–H groups in total. The van der Waals surface area contributed by atoms with Crippen molar-refractivity contribution in [3.05, 3.63) is 70.3 Å². The van der Waals surface area contributed by atoms with E-state index >= 15 is 0 Å². The number of carbonyl (C=O) groups is 2. The van der Waals surface area contributed by atoms with Crippen molar-refractivity contribution in [2.75, 3.05) is 11.9 Å². The van der Waals surface area contributed by atoms with Gasteiger partial charge in [0.1, 0.15) is 5.82 Å². The van der Waals surface area contributed by atoms with Crippen molar-refractivity contribution in [3.8, 4) is 0 Å². The average Bonchev–Trinajstić information content (AvgIpc) is 3.57. The quantitative estimate of drug-likeness (QED) is 0.506. The normalized spacial score (nSPS) is 13.5. The third-order valence-electron chi connectivity index (χ3n) is 5.45. The van der Waals surface area contributed by atoms with Gasteiger partial charge in [0.05, 0.1) is 35.2 Å². The predicted octanol–water partition coefficient (Wildman–Crippen LogP) is 2.66. The molecule has 1 aromatic heterocycles. The van der Waals surface area contributed by atoms with Gasteiger partial charge in [-0.05, 0) is 51.0 Å². The summed E-state index contributed by atoms with van der Waals surface area (Å²) in [5.74, 6) is 0.0787. The number of hydrogen-bond acceptors (Lipinski definition) is 5. The number of para-hydroxylation sites is 2. The third kappa shape index (κ3) is 5.20. The molecule has 1 aliphatic rings. The van der Waals surface area contributed by atoms with Crippen LogP contribution in [0.3, 0.4) is 0 Å². The summed E-state index contributed by atoms with van der Waals surface area (Å²) in [5.41, 5.74) is 1.35. The summed E-state index contributed by atoms with van der Waals surface area (Å²) in [5, 5.41) is 6.35. The van der Waals surface area contributed by atoms with Crippen molar-refractivity contribution in [2.24, 2.45) is 0 Å². The van der Waals surface area contributed by atoms with Crippen LogP contribution in [0, 0.1) is 0 Å². The zero-order valence-corrected chi connectivity index (χ0v) is 18.2. The Morgan fingerprint density at radius 2 is 1.84 bits per heavy atom. The molecular weight excluding hydrogens is 406 g/mol. The molecule has 2 aromatic carbocycles. The number of aromatic amines is 1. The first kappa shape index (κ1) is 21.7.